The van der Waals surface area contributed by atoms with Crippen molar-refractivity contribution >= 4 is 0 Å². The van der Waals surface area contributed by atoms with Crippen molar-refractivity contribution in [2.75, 3.05) is 13.2 Å². The molecule has 94 valence electrons. The van der Waals surface area contributed by atoms with E-state index in [1.54, 1.807) is 12.4 Å². The largest absolute Gasteiger partial charge is 0.378 e. The Bertz CT molecular complexity index is 312. The first-order valence-corrected chi connectivity index (χ1v) is 6.47. The molecule has 0 bridgehead atoms. The van der Waals surface area contributed by atoms with Crippen LogP contribution in [0.2, 0.25) is 0 Å². The van der Waals surface area contributed by atoms with Crippen LogP contribution in [-0.2, 0) is 4.74 Å². The van der Waals surface area contributed by atoms with Crippen LogP contribution in [0.1, 0.15) is 44.3 Å². The van der Waals surface area contributed by atoms with Gasteiger partial charge in [-0.1, -0.05) is 0 Å². The molecule has 0 saturated carbocycles. The Morgan fingerprint density at radius 2 is 2.41 bits per heavy atom. The molecule has 0 aliphatic carbocycles. The Balaban J connectivity index is 1.67. The third-order valence-electron chi connectivity index (χ3n) is 3.22. The summed E-state index contributed by atoms with van der Waals surface area (Å²) in [5.41, 5.74) is 0.997. The highest BCUT2D eigenvalue weighted by molar-refractivity contribution is 5.00. The Morgan fingerprint density at radius 3 is 3.12 bits per heavy atom. The van der Waals surface area contributed by atoms with Gasteiger partial charge in [-0.25, -0.2) is 0 Å². The molecule has 0 amide bonds. The maximum atomic E-state index is 5.70. The molecule has 17 heavy (non-hydrogen) atoms. The number of rotatable bonds is 5. The average molecular weight is 235 g/mol. The van der Waals surface area contributed by atoms with Gasteiger partial charge in [0.1, 0.15) is 0 Å². The number of hydrogen-bond donors (Lipinski definition) is 1. The molecule has 2 heterocycles. The second-order valence-corrected chi connectivity index (χ2v) is 4.58. The van der Waals surface area contributed by atoms with Crippen molar-refractivity contribution in [3.05, 3.63) is 24.3 Å². The van der Waals surface area contributed by atoms with Crippen LogP contribution in [0.5, 0.6) is 0 Å². The van der Waals surface area contributed by atoms with Crippen LogP contribution in [0.3, 0.4) is 0 Å². The summed E-state index contributed by atoms with van der Waals surface area (Å²) in [5, 5.41) is 3.46. The van der Waals surface area contributed by atoms with Crippen molar-refractivity contribution < 1.29 is 4.74 Å². The standard InChI is InChI=1S/C13H21N3O/c1-11(13-10-14-7-8-16-13)15-6-5-12-4-2-3-9-17-12/h7-8,10-12,15H,2-6,9H2,1H3. The molecule has 2 unspecified atom stereocenters. The second-order valence-electron chi connectivity index (χ2n) is 4.58. The Kier molecular flexibility index (Phi) is 4.88. The van der Waals surface area contributed by atoms with Gasteiger partial charge in [0.15, 0.2) is 0 Å². The molecule has 1 fully saturated rings. The predicted octanol–water partition coefficient (Wildman–Crippen LogP) is 2.09. The lowest BCUT2D eigenvalue weighted by Crippen LogP contribution is -2.27. The lowest BCUT2D eigenvalue weighted by atomic mass is 10.1. The van der Waals surface area contributed by atoms with Crippen molar-refractivity contribution in [2.45, 2.75) is 44.8 Å². The third kappa shape index (κ3) is 4.06. The first-order valence-electron chi connectivity index (χ1n) is 6.47. The van der Waals surface area contributed by atoms with E-state index in [0.717, 1.165) is 25.3 Å². The SMILES string of the molecule is CC(NCCC1CCCCO1)c1cnccn1. The van der Waals surface area contributed by atoms with Crippen molar-refractivity contribution in [1.29, 1.82) is 0 Å². The van der Waals surface area contributed by atoms with Gasteiger partial charge < -0.3 is 10.1 Å². The fraction of sp³-hybridized carbons (Fsp3) is 0.692. The van der Waals surface area contributed by atoms with E-state index >= 15 is 0 Å². The minimum absolute atomic E-state index is 0.257. The van der Waals surface area contributed by atoms with Gasteiger partial charge in [0.25, 0.3) is 0 Å². The molecule has 0 aromatic carbocycles. The van der Waals surface area contributed by atoms with Crippen molar-refractivity contribution in [3.63, 3.8) is 0 Å². The molecule has 0 radical (unpaired) electrons. The summed E-state index contributed by atoms with van der Waals surface area (Å²) in [5.74, 6) is 0. The minimum atomic E-state index is 0.257. The van der Waals surface area contributed by atoms with Crippen LogP contribution in [0.15, 0.2) is 18.6 Å². The first-order chi connectivity index (χ1) is 8.36. The van der Waals surface area contributed by atoms with Crippen LogP contribution in [-0.4, -0.2) is 29.2 Å². The van der Waals surface area contributed by atoms with Crippen molar-refractivity contribution in [1.82, 2.24) is 15.3 Å². The maximum absolute atomic E-state index is 5.70. The highest BCUT2D eigenvalue weighted by Gasteiger charge is 2.14. The van der Waals surface area contributed by atoms with Gasteiger partial charge in [-0.15, -0.1) is 0 Å². The zero-order chi connectivity index (χ0) is 11.9. The van der Waals surface area contributed by atoms with E-state index < -0.39 is 0 Å². The van der Waals surface area contributed by atoms with Crippen molar-refractivity contribution in [2.24, 2.45) is 0 Å². The number of aromatic nitrogens is 2. The summed E-state index contributed by atoms with van der Waals surface area (Å²) >= 11 is 0. The molecular formula is C13H21N3O. The fourth-order valence-electron chi connectivity index (χ4n) is 2.13. The molecule has 0 spiro atoms. The van der Waals surface area contributed by atoms with Crippen LogP contribution in [0.4, 0.5) is 0 Å². The van der Waals surface area contributed by atoms with Crippen LogP contribution in [0, 0.1) is 0 Å². The monoisotopic (exact) mass is 235 g/mol. The van der Waals surface area contributed by atoms with Crippen LogP contribution < -0.4 is 5.32 Å². The summed E-state index contributed by atoms with van der Waals surface area (Å²) in [4.78, 5) is 8.36. The number of nitrogens with zero attached hydrogens (tertiary/aromatic N) is 2. The van der Waals surface area contributed by atoms with E-state index in [4.69, 9.17) is 4.74 Å². The summed E-state index contributed by atoms with van der Waals surface area (Å²) in [6.07, 6.45) is 10.5. The normalized spacial score (nSPS) is 22.3. The summed E-state index contributed by atoms with van der Waals surface area (Å²) < 4.78 is 5.70. The van der Waals surface area contributed by atoms with E-state index in [0.29, 0.717) is 6.10 Å². The number of ether oxygens (including phenoxy) is 1. The van der Waals surface area contributed by atoms with E-state index in [-0.39, 0.29) is 6.04 Å². The summed E-state index contributed by atoms with van der Waals surface area (Å²) in [6.45, 7) is 4.03. The Hall–Kier alpha value is -1.00. The van der Waals surface area contributed by atoms with Gasteiger partial charge in [-0.3, -0.25) is 9.97 Å². The van der Waals surface area contributed by atoms with E-state index in [2.05, 4.69) is 22.2 Å². The van der Waals surface area contributed by atoms with E-state index in [9.17, 15) is 0 Å². The second kappa shape index (κ2) is 6.67. The zero-order valence-corrected chi connectivity index (χ0v) is 10.4. The highest BCUT2D eigenvalue weighted by atomic mass is 16.5. The molecular weight excluding hydrogens is 214 g/mol. The predicted molar refractivity (Wildman–Crippen MR) is 66.7 cm³/mol. The topological polar surface area (TPSA) is 47.0 Å². The lowest BCUT2D eigenvalue weighted by molar-refractivity contribution is 0.0112. The van der Waals surface area contributed by atoms with Gasteiger partial charge in [0.2, 0.25) is 0 Å². The molecule has 1 aliphatic rings. The van der Waals surface area contributed by atoms with E-state index in [1.165, 1.54) is 19.3 Å². The van der Waals surface area contributed by atoms with E-state index in [1.807, 2.05) is 6.20 Å². The van der Waals surface area contributed by atoms with Gasteiger partial charge in [-0.05, 0) is 39.2 Å². The minimum Gasteiger partial charge on any atom is -0.378 e. The van der Waals surface area contributed by atoms with Gasteiger partial charge >= 0.3 is 0 Å². The maximum Gasteiger partial charge on any atom is 0.0753 e. The molecule has 2 atom stereocenters. The molecule has 2 rings (SSSR count). The smallest absolute Gasteiger partial charge is 0.0753 e. The van der Waals surface area contributed by atoms with Crippen molar-refractivity contribution in [3.8, 4) is 0 Å². The molecule has 4 nitrogen and oxygen atoms in total. The van der Waals surface area contributed by atoms with Gasteiger partial charge in [0.05, 0.1) is 11.8 Å². The zero-order valence-electron chi connectivity index (χ0n) is 10.4. The Morgan fingerprint density at radius 1 is 1.47 bits per heavy atom. The fourth-order valence-corrected chi connectivity index (χ4v) is 2.13. The summed E-state index contributed by atoms with van der Waals surface area (Å²) in [7, 11) is 0. The van der Waals surface area contributed by atoms with Crippen LogP contribution >= 0.6 is 0 Å². The Labute approximate surface area is 103 Å². The molecule has 1 aromatic rings. The first kappa shape index (κ1) is 12.5. The van der Waals surface area contributed by atoms with Gasteiger partial charge in [-0.2, -0.15) is 0 Å². The molecule has 1 aliphatic heterocycles. The quantitative estimate of drug-likeness (QED) is 0.849. The van der Waals surface area contributed by atoms with Crippen LogP contribution in [0.25, 0.3) is 0 Å². The molecule has 1 aromatic heterocycles. The molecule has 1 saturated heterocycles. The number of hydrogen-bond acceptors (Lipinski definition) is 4. The van der Waals surface area contributed by atoms with Gasteiger partial charge in [0, 0.05) is 31.2 Å². The average Bonchev–Trinajstić information content (AvgIpc) is 2.41. The molecule has 1 N–H and O–H groups in total. The third-order valence-corrected chi connectivity index (χ3v) is 3.22. The molecule has 4 heteroatoms. The number of nitrogens with one attached hydrogen (secondary N) is 1. The summed E-state index contributed by atoms with van der Waals surface area (Å²) in [6, 6.07) is 0.257. The lowest BCUT2D eigenvalue weighted by Gasteiger charge is -2.23. The highest BCUT2D eigenvalue weighted by Crippen LogP contribution is 2.15.